The number of allylic oxidation sites excluding steroid dienone is 2. The average Bonchev–Trinajstić information content (AvgIpc) is 3.49. The number of aliphatic hydroxyl groups excluding tert-OH is 1. The number of pyridine rings is 1. The smallest absolute Gasteiger partial charge is 0.249 e. The van der Waals surface area contributed by atoms with E-state index in [9.17, 15) is 27.5 Å². The van der Waals surface area contributed by atoms with E-state index in [-0.39, 0.29) is 32.6 Å². The summed E-state index contributed by atoms with van der Waals surface area (Å²) in [5.41, 5.74) is -6.78. The number of alkyl halides is 6. The van der Waals surface area contributed by atoms with Gasteiger partial charge < -0.3 is 5.11 Å². The number of hydrogen-bond acceptors (Lipinski definition) is 4. The van der Waals surface area contributed by atoms with E-state index in [0.717, 1.165) is 70.1 Å². The van der Waals surface area contributed by atoms with E-state index < -0.39 is 63.6 Å². The van der Waals surface area contributed by atoms with Crippen molar-refractivity contribution in [3.8, 4) is 11.3 Å². The van der Waals surface area contributed by atoms with Crippen molar-refractivity contribution in [2.24, 2.45) is 10.8 Å². The summed E-state index contributed by atoms with van der Waals surface area (Å²) in [6, 6.07) is 21.9. The number of nitrogens with zero attached hydrogens (tertiary/aromatic N) is 1. The molecular formula is C47H62F6IrNO2SSi3-. The van der Waals surface area contributed by atoms with E-state index in [1.165, 1.54) is 50.2 Å². The Balaban J connectivity index is 0.000000341. The second-order valence-corrected chi connectivity index (χ2v) is 37.6. The SMILES string of the molecule is CC(C)(C(=O)/C=C(\O)C(C)(C)C(F)(F)[Si](C)(C)C)C(F)(F)[Si](C)(C)C.CC(C)c1cc(-c2nccc3c2sc2c(CC(F)(F)C[Si](C)(C)C)cccc23)[c-]c2ccccc12.[Ir]. The molecule has 5 rings (SSSR count). The van der Waals surface area contributed by atoms with Crippen molar-refractivity contribution in [3.63, 3.8) is 0 Å². The van der Waals surface area contributed by atoms with E-state index in [4.69, 9.17) is 4.98 Å². The first-order valence-corrected chi connectivity index (χ1v) is 31.9. The number of fused-ring (bicyclic) bond motifs is 4. The van der Waals surface area contributed by atoms with Crippen molar-refractivity contribution in [2.45, 2.75) is 136 Å². The molecule has 2 heterocycles. The third kappa shape index (κ3) is 10.8. The molecule has 0 unspecified atom stereocenters. The molecule has 3 aromatic carbocycles. The zero-order valence-electron chi connectivity index (χ0n) is 38.2. The van der Waals surface area contributed by atoms with Gasteiger partial charge >= 0.3 is 0 Å². The van der Waals surface area contributed by atoms with Gasteiger partial charge in [0.15, 0.2) is 5.78 Å². The van der Waals surface area contributed by atoms with Crippen LogP contribution in [0.2, 0.25) is 65.0 Å². The molecule has 61 heavy (non-hydrogen) atoms. The molecule has 1 radical (unpaired) electrons. The van der Waals surface area contributed by atoms with Crippen LogP contribution in [0.25, 0.3) is 42.2 Å². The molecule has 0 saturated heterocycles. The molecule has 0 bridgehead atoms. The van der Waals surface area contributed by atoms with Crippen LogP contribution in [0.5, 0.6) is 0 Å². The molecule has 0 aliphatic carbocycles. The van der Waals surface area contributed by atoms with Crippen molar-refractivity contribution < 1.29 is 56.3 Å². The van der Waals surface area contributed by atoms with Crippen LogP contribution in [0.15, 0.2) is 72.6 Å². The van der Waals surface area contributed by atoms with E-state index in [0.29, 0.717) is 12.0 Å². The van der Waals surface area contributed by atoms with Gasteiger partial charge in [0.2, 0.25) is 17.0 Å². The molecule has 3 nitrogen and oxygen atoms in total. The molecule has 0 fully saturated rings. The van der Waals surface area contributed by atoms with Crippen molar-refractivity contribution in [1.29, 1.82) is 0 Å². The number of aromatic nitrogens is 1. The molecule has 0 spiro atoms. The van der Waals surface area contributed by atoms with Gasteiger partial charge in [0.25, 0.3) is 0 Å². The van der Waals surface area contributed by atoms with Crippen LogP contribution in [0.3, 0.4) is 0 Å². The Morgan fingerprint density at radius 2 is 1.30 bits per heavy atom. The van der Waals surface area contributed by atoms with Gasteiger partial charge in [0.05, 0.1) is 18.9 Å². The maximum absolute atomic E-state index is 15.0. The minimum atomic E-state index is -3.26. The van der Waals surface area contributed by atoms with E-state index in [1.807, 2.05) is 56.2 Å². The number of hydrogen-bond donors (Lipinski definition) is 1. The van der Waals surface area contributed by atoms with Crippen LogP contribution in [0.1, 0.15) is 58.6 Å². The van der Waals surface area contributed by atoms with Gasteiger partial charge in [-0.05, 0) is 50.6 Å². The Kier molecular flexibility index (Phi) is 15.6. The quantitative estimate of drug-likeness (QED) is 0.0420. The van der Waals surface area contributed by atoms with Crippen LogP contribution in [-0.4, -0.2) is 57.1 Å². The van der Waals surface area contributed by atoms with E-state index in [1.54, 1.807) is 11.3 Å². The Morgan fingerprint density at radius 3 is 1.84 bits per heavy atom. The zero-order valence-corrected chi connectivity index (χ0v) is 44.4. The maximum Gasteiger partial charge on any atom is 0.249 e. The molecular weight excluding hydrogens is 1030 g/mol. The Morgan fingerprint density at radius 1 is 0.770 bits per heavy atom. The van der Waals surface area contributed by atoms with Gasteiger partial charge in [-0.15, -0.1) is 40.5 Å². The van der Waals surface area contributed by atoms with Crippen molar-refractivity contribution in [2.75, 3.05) is 0 Å². The summed E-state index contributed by atoms with van der Waals surface area (Å²) in [5.74, 6) is -4.25. The number of carbonyl (C=O) groups is 1. The summed E-state index contributed by atoms with van der Waals surface area (Å²) < 4.78 is 90.9. The van der Waals surface area contributed by atoms with Crippen LogP contribution in [0.4, 0.5) is 26.3 Å². The number of ketones is 1. The molecule has 1 N–H and O–H groups in total. The molecule has 2 aromatic heterocycles. The fraction of sp³-hybridized carbons (Fsp3) is 0.489. The van der Waals surface area contributed by atoms with Gasteiger partial charge in [-0.25, -0.2) is 26.3 Å². The molecule has 0 aliphatic heterocycles. The molecule has 14 heteroatoms. The first-order valence-electron chi connectivity index (χ1n) is 20.4. The first-order chi connectivity index (χ1) is 27.1. The summed E-state index contributed by atoms with van der Waals surface area (Å²) in [7, 11) is -7.98. The van der Waals surface area contributed by atoms with E-state index in [2.05, 4.69) is 44.2 Å². The largest absolute Gasteiger partial charge is 0.511 e. The van der Waals surface area contributed by atoms with Gasteiger partial charge in [0.1, 0.15) is 21.9 Å². The predicted molar refractivity (Wildman–Crippen MR) is 250 cm³/mol. The molecule has 5 aromatic rings. The number of thiophene rings is 1. The second-order valence-electron chi connectivity index (χ2n) is 20.8. The standard InChI is InChI=1S/C30H30F2NSSi.C17H32F4O2Si2.Ir/c1-19(2)26-16-22(15-20-9-6-7-11-23(20)26)27-29-25(13-14-33-27)24-12-8-10-21(28(24)34-29)17-30(31,32)18-35(3,4)5;1-14(2,16(18,19)24(5,6)7)12(22)11-13(23)15(3,4)17(20,21)25(8,9)10;/h6-14,16,19H,17-18H2,1-5H3;11,22H,1-10H3;/q-1;;/b;12-11-;. The molecule has 0 aliphatic rings. The Labute approximate surface area is 379 Å². The normalized spacial score (nSPS) is 14.0. The summed E-state index contributed by atoms with van der Waals surface area (Å²) in [4.78, 5) is 17.2. The van der Waals surface area contributed by atoms with Crippen LogP contribution in [-0.2, 0) is 31.3 Å². The average molecular weight is 1100 g/mol. The minimum Gasteiger partial charge on any atom is -0.511 e. The number of halogens is 6. The van der Waals surface area contributed by atoms with Crippen molar-refractivity contribution >= 4 is 72.3 Å². The fourth-order valence-corrected chi connectivity index (χ4v) is 14.8. The third-order valence-corrected chi connectivity index (χ3v) is 19.3. The Bertz CT molecular complexity index is 2410. The maximum atomic E-state index is 15.0. The Hall–Kier alpha value is -2.62. The third-order valence-electron chi connectivity index (χ3n) is 11.4. The fourth-order valence-electron chi connectivity index (χ4n) is 7.77. The zero-order chi connectivity index (χ0) is 45.8. The second kappa shape index (κ2) is 18.1. The summed E-state index contributed by atoms with van der Waals surface area (Å²) in [6.45, 7) is 23.5. The summed E-state index contributed by atoms with van der Waals surface area (Å²) in [6.07, 6.45) is 2.18. The van der Waals surface area contributed by atoms with Crippen LogP contribution < -0.4 is 0 Å². The number of carbonyl (C=O) groups excluding carboxylic acids is 1. The molecule has 0 saturated carbocycles. The van der Waals surface area contributed by atoms with E-state index >= 15 is 8.78 Å². The number of rotatable bonds is 13. The van der Waals surface area contributed by atoms with Crippen molar-refractivity contribution in [3.05, 3.63) is 89.8 Å². The summed E-state index contributed by atoms with van der Waals surface area (Å²) >= 11 is 1.58. The molecule has 337 valence electrons. The van der Waals surface area contributed by atoms with Crippen molar-refractivity contribution in [1.82, 2.24) is 4.98 Å². The van der Waals surface area contributed by atoms with Gasteiger partial charge in [-0.3, -0.25) is 9.78 Å². The minimum absolute atomic E-state index is 0. The first kappa shape index (κ1) is 52.7. The molecule has 0 atom stereocenters. The van der Waals surface area contributed by atoms with Crippen LogP contribution >= 0.6 is 11.3 Å². The van der Waals surface area contributed by atoms with Gasteiger partial charge in [-0.2, -0.15) is 0 Å². The van der Waals surface area contributed by atoms with Crippen LogP contribution in [0, 0.1) is 16.9 Å². The number of aliphatic hydroxyl groups is 1. The predicted octanol–water partition coefficient (Wildman–Crippen LogP) is 15.8. The topological polar surface area (TPSA) is 50.2 Å². The summed E-state index contributed by atoms with van der Waals surface area (Å²) in [5, 5.41) is 14.6. The molecule has 0 amide bonds. The van der Waals surface area contributed by atoms with Gasteiger partial charge in [0, 0.05) is 65.3 Å². The number of benzene rings is 3. The monoisotopic (exact) mass is 1100 g/mol. The van der Waals surface area contributed by atoms with Gasteiger partial charge in [-0.1, -0.05) is 120 Å².